The molecule has 0 fully saturated rings. The van der Waals surface area contributed by atoms with Crippen LogP contribution in [-0.2, 0) is 11.3 Å². The number of carbonyl (C=O) groups excluding carboxylic acids is 1. The SMILES string of the molecule is COc1ccc(C)cc1NC(=O)Cn1cc([N+](=O)[O-])c(C)cc1=O. The molecule has 24 heavy (non-hydrogen) atoms. The van der Waals surface area contributed by atoms with Crippen molar-refractivity contribution in [3.63, 3.8) is 0 Å². The fourth-order valence-corrected chi connectivity index (χ4v) is 2.23. The Morgan fingerprint density at radius 1 is 1.33 bits per heavy atom. The van der Waals surface area contributed by atoms with Gasteiger partial charge in [0.25, 0.3) is 11.2 Å². The molecule has 2 rings (SSSR count). The molecule has 0 atom stereocenters. The molecular formula is C16H17N3O5. The lowest BCUT2D eigenvalue weighted by Crippen LogP contribution is -2.27. The summed E-state index contributed by atoms with van der Waals surface area (Å²) in [4.78, 5) is 34.5. The molecule has 1 heterocycles. The number of hydrogen-bond acceptors (Lipinski definition) is 5. The van der Waals surface area contributed by atoms with E-state index in [2.05, 4.69) is 5.32 Å². The van der Waals surface area contributed by atoms with Crippen molar-refractivity contribution in [3.8, 4) is 5.75 Å². The van der Waals surface area contributed by atoms with Crippen LogP contribution in [0.1, 0.15) is 11.1 Å². The lowest BCUT2D eigenvalue weighted by atomic mass is 10.2. The van der Waals surface area contributed by atoms with E-state index < -0.39 is 16.4 Å². The first-order valence-corrected chi connectivity index (χ1v) is 7.12. The van der Waals surface area contributed by atoms with Crippen LogP contribution in [0.15, 0.2) is 35.3 Å². The van der Waals surface area contributed by atoms with Crippen molar-refractivity contribution in [3.05, 3.63) is 62.1 Å². The highest BCUT2D eigenvalue weighted by atomic mass is 16.6. The molecule has 2 aromatic rings. The number of rotatable bonds is 5. The number of carbonyl (C=O) groups is 1. The second-order valence-electron chi connectivity index (χ2n) is 5.32. The molecule has 1 amide bonds. The van der Waals surface area contributed by atoms with E-state index in [1.54, 1.807) is 12.1 Å². The van der Waals surface area contributed by atoms with Gasteiger partial charge in [-0.25, -0.2) is 0 Å². The Balaban J connectivity index is 2.25. The molecule has 0 saturated carbocycles. The molecule has 0 saturated heterocycles. The van der Waals surface area contributed by atoms with Gasteiger partial charge in [0.05, 0.1) is 23.9 Å². The predicted octanol–water partition coefficient (Wildman–Crippen LogP) is 2.02. The van der Waals surface area contributed by atoms with Gasteiger partial charge in [-0.3, -0.25) is 24.3 Å². The summed E-state index contributed by atoms with van der Waals surface area (Å²) in [6.07, 6.45) is 1.07. The van der Waals surface area contributed by atoms with E-state index in [1.165, 1.54) is 14.0 Å². The number of nitrogens with one attached hydrogen (secondary N) is 1. The van der Waals surface area contributed by atoms with Gasteiger partial charge in [-0.1, -0.05) is 6.07 Å². The molecule has 0 aliphatic heterocycles. The van der Waals surface area contributed by atoms with Crippen LogP contribution < -0.4 is 15.6 Å². The third-order valence-electron chi connectivity index (χ3n) is 3.44. The number of methoxy groups -OCH3 is 1. The van der Waals surface area contributed by atoms with Crippen LogP contribution in [-0.4, -0.2) is 22.5 Å². The maximum absolute atomic E-state index is 12.2. The molecule has 1 N–H and O–H groups in total. The topological polar surface area (TPSA) is 103 Å². The number of hydrogen-bond donors (Lipinski definition) is 1. The number of pyridine rings is 1. The number of aromatic nitrogens is 1. The Labute approximate surface area is 137 Å². The highest BCUT2D eigenvalue weighted by Crippen LogP contribution is 2.25. The van der Waals surface area contributed by atoms with Gasteiger partial charge in [-0.15, -0.1) is 0 Å². The average molecular weight is 331 g/mol. The van der Waals surface area contributed by atoms with Crippen LogP contribution in [0, 0.1) is 24.0 Å². The largest absolute Gasteiger partial charge is 0.495 e. The summed E-state index contributed by atoms with van der Waals surface area (Å²) in [6, 6.07) is 6.42. The van der Waals surface area contributed by atoms with Crippen molar-refractivity contribution >= 4 is 17.3 Å². The van der Waals surface area contributed by atoms with Crippen molar-refractivity contribution in [1.29, 1.82) is 0 Å². The lowest BCUT2D eigenvalue weighted by Gasteiger charge is -2.12. The van der Waals surface area contributed by atoms with Crippen molar-refractivity contribution < 1.29 is 14.5 Å². The van der Waals surface area contributed by atoms with Crippen molar-refractivity contribution in [2.24, 2.45) is 0 Å². The van der Waals surface area contributed by atoms with E-state index in [0.29, 0.717) is 11.4 Å². The van der Waals surface area contributed by atoms with E-state index >= 15 is 0 Å². The molecule has 0 aliphatic carbocycles. The van der Waals surface area contributed by atoms with E-state index in [0.717, 1.165) is 22.4 Å². The summed E-state index contributed by atoms with van der Waals surface area (Å²) >= 11 is 0. The number of nitrogens with zero attached hydrogens (tertiary/aromatic N) is 2. The van der Waals surface area contributed by atoms with E-state index in [-0.39, 0.29) is 17.8 Å². The smallest absolute Gasteiger partial charge is 0.288 e. The number of anilines is 1. The maximum atomic E-state index is 12.2. The normalized spacial score (nSPS) is 10.3. The minimum absolute atomic E-state index is 0.212. The predicted molar refractivity (Wildman–Crippen MR) is 88.5 cm³/mol. The van der Waals surface area contributed by atoms with Crippen molar-refractivity contribution in [1.82, 2.24) is 4.57 Å². The summed E-state index contributed by atoms with van der Waals surface area (Å²) in [5.41, 5.74) is 0.952. The van der Waals surface area contributed by atoms with Crippen LogP contribution >= 0.6 is 0 Å². The van der Waals surface area contributed by atoms with Gasteiger partial charge in [0, 0.05) is 11.6 Å². The first-order valence-electron chi connectivity index (χ1n) is 7.12. The minimum atomic E-state index is -0.591. The fourth-order valence-electron chi connectivity index (χ4n) is 2.23. The summed E-state index contributed by atoms with van der Waals surface area (Å²) in [6.45, 7) is 3.00. The molecule has 8 nitrogen and oxygen atoms in total. The van der Waals surface area contributed by atoms with Crippen molar-refractivity contribution in [2.45, 2.75) is 20.4 Å². The molecule has 0 bridgehead atoms. The maximum Gasteiger partial charge on any atom is 0.288 e. The van der Waals surface area contributed by atoms with Crippen LogP contribution in [0.25, 0.3) is 0 Å². The minimum Gasteiger partial charge on any atom is -0.495 e. The Bertz CT molecular complexity index is 857. The first-order chi connectivity index (χ1) is 11.3. The second kappa shape index (κ2) is 6.95. The van der Waals surface area contributed by atoms with Gasteiger partial charge >= 0.3 is 0 Å². The molecule has 126 valence electrons. The van der Waals surface area contributed by atoms with Gasteiger partial charge in [-0.2, -0.15) is 0 Å². The highest BCUT2D eigenvalue weighted by Gasteiger charge is 2.15. The monoisotopic (exact) mass is 331 g/mol. The van der Waals surface area contributed by atoms with Gasteiger partial charge in [-0.05, 0) is 31.5 Å². The number of nitro groups is 1. The fraction of sp³-hybridized carbons (Fsp3) is 0.250. The van der Waals surface area contributed by atoms with E-state index in [9.17, 15) is 19.7 Å². The van der Waals surface area contributed by atoms with E-state index in [1.807, 2.05) is 13.0 Å². The van der Waals surface area contributed by atoms with Crippen molar-refractivity contribution in [2.75, 3.05) is 12.4 Å². The molecule has 0 spiro atoms. The van der Waals surface area contributed by atoms with E-state index in [4.69, 9.17) is 4.74 Å². The van der Waals surface area contributed by atoms with Crippen LogP contribution in [0.4, 0.5) is 11.4 Å². The summed E-state index contributed by atoms with van der Waals surface area (Å²) in [5, 5.41) is 13.6. The number of aryl methyl sites for hydroxylation is 2. The highest BCUT2D eigenvalue weighted by molar-refractivity contribution is 5.92. The molecule has 0 unspecified atom stereocenters. The van der Waals surface area contributed by atoms with Gasteiger partial charge in [0.1, 0.15) is 12.3 Å². The molecular weight excluding hydrogens is 314 g/mol. The zero-order valence-electron chi connectivity index (χ0n) is 13.5. The third kappa shape index (κ3) is 3.78. The summed E-state index contributed by atoms with van der Waals surface area (Å²) in [5.74, 6) is -0.00432. The van der Waals surface area contributed by atoms with Gasteiger partial charge < -0.3 is 10.1 Å². The third-order valence-corrected chi connectivity index (χ3v) is 3.44. The quantitative estimate of drug-likeness (QED) is 0.667. The Hall–Kier alpha value is -3.16. The van der Waals surface area contributed by atoms with Crippen LogP contribution in [0.5, 0.6) is 5.75 Å². The standard InChI is InChI=1S/C16H17N3O5/c1-10-4-5-14(24-3)12(6-10)17-15(20)9-18-8-13(19(22)23)11(2)7-16(18)21/h4-8H,9H2,1-3H3,(H,17,20). The first kappa shape index (κ1) is 17.2. The molecule has 0 aliphatic rings. The van der Waals surface area contributed by atoms with Gasteiger partial charge in [0.2, 0.25) is 5.91 Å². The van der Waals surface area contributed by atoms with Crippen LogP contribution in [0.2, 0.25) is 0 Å². The molecule has 0 radical (unpaired) electrons. The number of amides is 1. The number of ether oxygens (including phenoxy) is 1. The number of benzene rings is 1. The molecule has 1 aromatic carbocycles. The Morgan fingerprint density at radius 2 is 2.04 bits per heavy atom. The second-order valence-corrected chi connectivity index (χ2v) is 5.32. The van der Waals surface area contributed by atoms with Gasteiger partial charge in [0.15, 0.2) is 0 Å². The zero-order chi connectivity index (χ0) is 17.9. The Morgan fingerprint density at radius 3 is 2.67 bits per heavy atom. The lowest BCUT2D eigenvalue weighted by molar-refractivity contribution is -0.385. The summed E-state index contributed by atoms with van der Waals surface area (Å²) < 4.78 is 6.17. The molecule has 8 heteroatoms. The molecule has 1 aromatic heterocycles. The Kier molecular flexibility index (Phi) is 4.98. The summed E-state index contributed by atoms with van der Waals surface area (Å²) in [7, 11) is 1.48. The zero-order valence-corrected chi connectivity index (χ0v) is 13.5. The average Bonchev–Trinajstić information content (AvgIpc) is 2.49. The van der Waals surface area contributed by atoms with Crippen LogP contribution in [0.3, 0.4) is 0 Å².